The van der Waals surface area contributed by atoms with E-state index < -0.39 is 11.8 Å². The largest absolute Gasteiger partial charge is 0.344 e. The van der Waals surface area contributed by atoms with Gasteiger partial charge in [0.1, 0.15) is 0 Å². The van der Waals surface area contributed by atoms with Gasteiger partial charge in [0.05, 0.1) is 0 Å². The molecular formula is C19H20N2O2. The fourth-order valence-corrected chi connectivity index (χ4v) is 3.04. The summed E-state index contributed by atoms with van der Waals surface area (Å²) in [6, 6.07) is 15.6. The van der Waals surface area contributed by atoms with E-state index in [2.05, 4.69) is 5.32 Å². The molecule has 1 unspecified atom stereocenters. The molecule has 0 saturated heterocycles. The van der Waals surface area contributed by atoms with E-state index in [1.165, 1.54) is 0 Å². The number of amides is 2. The third kappa shape index (κ3) is 2.97. The fraction of sp³-hybridized carbons (Fsp3) is 0.263. The SMILES string of the molecule is Cc1ccccc1CNC(=O)C(=O)N1c2ccccc2CC1C. The van der Waals surface area contributed by atoms with Crippen LogP contribution in [0.25, 0.3) is 0 Å². The smallest absolute Gasteiger partial charge is 0.316 e. The minimum absolute atomic E-state index is 0.00381. The maximum absolute atomic E-state index is 12.5. The van der Waals surface area contributed by atoms with Crippen molar-refractivity contribution in [2.75, 3.05) is 4.90 Å². The molecule has 0 spiro atoms. The van der Waals surface area contributed by atoms with Gasteiger partial charge in [-0.3, -0.25) is 9.59 Å². The van der Waals surface area contributed by atoms with Gasteiger partial charge < -0.3 is 10.2 Å². The molecule has 2 amide bonds. The zero-order valence-electron chi connectivity index (χ0n) is 13.4. The van der Waals surface area contributed by atoms with E-state index in [-0.39, 0.29) is 6.04 Å². The molecule has 1 heterocycles. The van der Waals surface area contributed by atoms with Gasteiger partial charge in [-0.2, -0.15) is 0 Å². The molecule has 4 nitrogen and oxygen atoms in total. The maximum Gasteiger partial charge on any atom is 0.316 e. The second-order valence-corrected chi connectivity index (χ2v) is 5.97. The number of nitrogens with one attached hydrogen (secondary N) is 1. The maximum atomic E-state index is 12.5. The molecule has 23 heavy (non-hydrogen) atoms. The van der Waals surface area contributed by atoms with Crippen LogP contribution >= 0.6 is 0 Å². The van der Waals surface area contributed by atoms with Crippen LogP contribution in [0.4, 0.5) is 5.69 Å². The summed E-state index contributed by atoms with van der Waals surface area (Å²) in [5, 5.41) is 2.74. The topological polar surface area (TPSA) is 49.4 Å². The molecule has 0 saturated carbocycles. The van der Waals surface area contributed by atoms with E-state index in [1.807, 2.05) is 62.4 Å². The highest BCUT2D eigenvalue weighted by atomic mass is 16.2. The number of hydrogen-bond acceptors (Lipinski definition) is 2. The number of aryl methyl sites for hydroxylation is 1. The molecular weight excluding hydrogens is 288 g/mol. The standard InChI is InChI=1S/C19H20N2O2/c1-13-7-3-4-9-16(13)12-20-18(22)19(23)21-14(2)11-15-8-5-6-10-17(15)21/h3-10,14H,11-12H2,1-2H3,(H,20,22). The van der Waals surface area contributed by atoms with Crippen LogP contribution in [0.2, 0.25) is 0 Å². The van der Waals surface area contributed by atoms with Crippen molar-refractivity contribution in [3.63, 3.8) is 0 Å². The van der Waals surface area contributed by atoms with Gasteiger partial charge in [0.2, 0.25) is 0 Å². The van der Waals surface area contributed by atoms with Crippen molar-refractivity contribution in [2.45, 2.75) is 32.9 Å². The average molecular weight is 308 g/mol. The predicted molar refractivity (Wildman–Crippen MR) is 90.1 cm³/mol. The average Bonchev–Trinajstić information content (AvgIpc) is 2.89. The number of hydrogen-bond donors (Lipinski definition) is 1. The molecule has 1 N–H and O–H groups in total. The summed E-state index contributed by atoms with van der Waals surface area (Å²) in [6.45, 7) is 4.32. The van der Waals surface area contributed by atoms with E-state index in [9.17, 15) is 9.59 Å². The monoisotopic (exact) mass is 308 g/mol. The first-order valence-corrected chi connectivity index (χ1v) is 7.81. The molecule has 1 aliphatic heterocycles. The number of carbonyl (C=O) groups excluding carboxylic acids is 2. The summed E-state index contributed by atoms with van der Waals surface area (Å²) in [4.78, 5) is 26.4. The fourth-order valence-electron chi connectivity index (χ4n) is 3.04. The second-order valence-electron chi connectivity index (χ2n) is 5.97. The van der Waals surface area contributed by atoms with Gasteiger partial charge in [-0.15, -0.1) is 0 Å². The zero-order chi connectivity index (χ0) is 16.4. The van der Waals surface area contributed by atoms with E-state index in [0.717, 1.165) is 28.8 Å². The van der Waals surface area contributed by atoms with E-state index in [0.29, 0.717) is 6.54 Å². The minimum atomic E-state index is -0.559. The number of rotatable bonds is 2. The van der Waals surface area contributed by atoms with Gasteiger partial charge in [-0.1, -0.05) is 42.5 Å². The van der Waals surface area contributed by atoms with E-state index in [4.69, 9.17) is 0 Å². The summed E-state index contributed by atoms with van der Waals surface area (Å²) in [5.41, 5.74) is 4.07. The minimum Gasteiger partial charge on any atom is -0.344 e. The van der Waals surface area contributed by atoms with Crippen LogP contribution in [0.1, 0.15) is 23.6 Å². The molecule has 0 aromatic heterocycles. The Morgan fingerprint density at radius 1 is 1.13 bits per heavy atom. The molecule has 0 radical (unpaired) electrons. The van der Waals surface area contributed by atoms with E-state index >= 15 is 0 Å². The number of para-hydroxylation sites is 1. The highest BCUT2D eigenvalue weighted by Gasteiger charge is 2.33. The Balaban J connectivity index is 1.71. The molecule has 2 aromatic carbocycles. The van der Waals surface area contributed by atoms with Crippen LogP contribution in [0.3, 0.4) is 0 Å². The van der Waals surface area contributed by atoms with Crippen LogP contribution in [0, 0.1) is 6.92 Å². The van der Waals surface area contributed by atoms with Crippen molar-refractivity contribution in [1.29, 1.82) is 0 Å². The third-order valence-corrected chi connectivity index (χ3v) is 4.32. The van der Waals surface area contributed by atoms with Gasteiger partial charge in [0, 0.05) is 18.3 Å². The molecule has 0 bridgehead atoms. The number of fused-ring (bicyclic) bond motifs is 1. The van der Waals surface area contributed by atoms with Crippen LogP contribution in [0.15, 0.2) is 48.5 Å². The third-order valence-electron chi connectivity index (χ3n) is 4.32. The van der Waals surface area contributed by atoms with Crippen LogP contribution in [-0.4, -0.2) is 17.9 Å². The molecule has 4 heteroatoms. The summed E-state index contributed by atoms with van der Waals surface area (Å²) < 4.78 is 0. The lowest BCUT2D eigenvalue weighted by Gasteiger charge is -2.22. The summed E-state index contributed by atoms with van der Waals surface area (Å²) >= 11 is 0. The molecule has 3 rings (SSSR count). The van der Waals surface area contributed by atoms with Crippen molar-refractivity contribution in [3.8, 4) is 0 Å². The second kappa shape index (κ2) is 6.24. The Hall–Kier alpha value is -2.62. The lowest BCUT2D eigenvalue weighted by atomic mass is 10.1. The van der Waals surface area contributed by atoms with Crippen LogP contribution in [-0.2, 0) is 22.6 Å². The molecule has 1 atom stereocenters. The Kier molecular flexibility index (Phi) is 4.15. The Morgan fingerprint density at radius 2 is 1.83 bits per heavy atom. The van der Waals surface area contributed by atoms with Gasteiger partial charge in [0.25, 0.3) is 0 Å². The summed E-state index contributed by atoms with van der Waals surface area (Å²) in [6.07, 6.45) is 0.785. The van der Waals surface area contributed by atoms with Crippen molar-refractivity contribution < 1.29 is 9.59 Å². The first-order chi connectivity index (χ1) is 11.1. The van der Waals surface area contributed by atoms with E-state index in [1.54, 1.807) is 4.90 Å². The lowest BCUT2D eigenvalue weighted by molar-refractivity contribution is -0.137. The molecule has 2 aromatic rings. The lowest BCUT2D eigenvalue weighted by Crippen LogP contribution is -2.45. The molecule has 118 valence electrons. The Bertz CT molecular complexity index is 755. The Labute approximate surface area is 136 Å². The first-order valence-electron chi connectivity index (χ1n) is 7.81. The molecule has 0 fully saturated rings. The van der Waals surface area contributed by atoms with Gasteiger partial charge in [0.15, 0.2) is 0 Å². The number of anilines is 1. The summed E-state index contributed by atoms with van der Waals surface area (Å²) in [5.74, 6) is -1.05. The number of carbonyl (C=O) groups is 2. The number of nitrogens with zero attached hydrogens (tertiary/aromatic N) is 1. The predicted octanol–water partition coefficient (Wildman–Crippen LogP) is 2.59. The van der Waals surface area contributed by atoms with Gasteiger partial charge in [-0.25, -0.2) is 0 Å². The normalized spacial score (nSPS) is 16.1. The Morgan fingerprint density at radius 3 is 2.61 bits per heavy atom. The molecule has 0 aliphatic carbocycles. The highest BCUT2D eigenvalue weighted by molar-refractivity contribution is 6.40. The van der Waals surface area contributed by atoms with Crippen molar-refractivity contribution in [2.24, 2.45) is 0 Å². The highest BCUT2D eigenvalue weighted by Crippen LogP contribution is 2.31. The van der Waals surface area contributed by atoms with Crippen molar-refractivity contribution in [3.05, 3.63) is 65.2 Å². The van der Waals surface area contributed by atoms with Crippen LogP contribution in [0.5, 0.6) is 0 Å². The summed E-state index contributed by atoms with van der Waals surface area (Å²) in [7, 11) is 0. The zero-order valence-corrected chi connectivity index (χ0v) is 13.4. The van der Waals surface area contributed by atoms with Crippen molar-refractivity contribution >= 4 is 17.5 Å². The first kappa shape index (κ1) is 15.3. The molecule has 1 aliphatic rings. The number of benzene rings is 2. The van der Waals surface area contributed by atoms with Gasteiger partial charge >= 0.3 is 11.8 Å². The van der Waals surface area contributed by atoms with Gasteiger partial charge in [-0.05, 0) is 43.0 Å². The quantitative estimate of drug-likeness (QED) is 0.867. The van der Waals surface area contributed by atoms with Crippen molar-refractivity contribution in [1.82, 2.24) is 5.32 Å². The van der Waals surface area contributed by atoms with Crippen LogP contribution < -0.4 is 10.2 Å².